The van der Waals surface area contributed by atoms with E-state index in [1.54, 1.807) is 0 Å². The average molecular weight is 210 g/mol. The van der Waals surface area contributed by atoms with Crippen molar-refractivity contribution in [3.05, 3.63) is 0 Å². The number of hydrogen-bond donors (Lipinski definition) is 0. The monoisotopic (exact) mass is 210 g/mol. The van der Waals surface area contributed by atoms with Crippen molar-refractivity contribution in [1.82, 2.24) is 0 Å². The van der Waals surface area contributed by atoms with Gasteiger partial charge in [0.1, 0.15) is 0 Å². The van der Waals surface area contributed by atoms with Crippen molar-refractivity contribution in [2.45, 2.75) is 18.1 Å². The van der Waals surface area contributed by atoms with Crippen LogP contribution in [-0.4, -0.2) is 26.8 Å². The van der Waals surface area contributed by atoms with Crippen LogP contribution in [0.3, 0.4) is 0 Å². The van der Waals surface area contributed by atoms with E-state index in [0.717, 1.165) is 0 Å². The molecule has 0 aromatic heterocycles. The molecule has 3 nitrogen and oxygen atoms in total. The zero-order valence-electron chi connectivity index (χ0n) is 5.71. The first-order valence-corrected chi connectivity index (χ1v) is 4.31. The Bertz CT molecular complexity index is 214. The van der Waals surface area contributed by atoms with E-state index in [9.17, 15) is 26.1 Å². The Balaban J connectivity index is 4.51. The molecule has 0 spiro atoms. The predicted octanol–water partition coefficient (Wildman–Crippen LogP) is 1.21. The van der Waals surface area contributed by atoms with Gasteiger partial charge in [0.15, 0.2) is 5.25 Å². The van der Waals surface area contributed by atoms with Gasteiger partial charge in [0.05, 0.1) is 6.67 Å². The summed E-state index contributed by atoms with van der Waals surface area (Å²) in [6.45, 7) is -1.28. The molecule has 0 amide bonds. The standard InChI is InChI=1S/C4H6F4O3S/c5-2-1-3(4(6)7)12(9,10)11-8/h3-4H,1-2H2. The van der Waals surface area contributed by atoms with Crippen LogP contribution in [-0.2, 0) is 14.5 Å². The molecule has 0 aliphatic carbocycles. The fourth-order valence-electron chi connectivity index (χ4n) is 0.551. The summed E-state index contributed by atoms with van der Waals surface area (Å²) in [5, 5.41) is -2.44. The topological polar surface area (TPSA) is 43.4 Å². The molecule has 0 aromatic carbocycles. The van der Waals surface area contributed by atoms with Crippen LogP contribution in [0, 0.1) is 0 Å². The molecule has 0 heterocycles. The summed E-state index contributed by atoms with van der Waals surface area (Å²) in [6.07, 6.45) is -4.34. The highest BCUT2D eigenvalue weighted by Gasteiger charge is 2.35. The lowest BCUT2D eigenvalue weighted by atomic mass is 10.3. The van der Waals surface area contributed by atoms with Crippen LogP contribution in [0.2, 0.25) is 0 Å². The lowest BCUT2D eigenvalue weighted by Gasteiger charge is -2.10. The Labute approximate surface area is 66.3 Å². The molecular weight excluding hydrogens is 204 g/mol. The number of hydrogen-bond acceptors (Lipinski definition) is 3. The zero-order valence-corrected chi connectivity index (χ0v) is 6.53. The minimum absolute atomic E-state index is 0.982. The number of rotatable bonds is 5. The molecule has 0 aliphatic heterocycles. The van der Waals surface area contributed by atoms with Crippen molar-refractivity contribution < 1.29 is 30.5 Å². The summed E-state index contributed by atoms with van der Waals surface area (Å²) in [5.74, 6) is 0. The Hall–Kier alpha value is -0.370. The van der Waals surface area contributed by atoms with E-state index in [-0.39, 0.29) is 0 Å². The van der Waals surface area contributed by atoms with Gasteiger partial charge in [-0.25, -0.2) is 8.78 Å². The van der Waals surface area contributed by atoms with Gasteiger partial charge in [0, 0.05) is 6.42 Å². The lowest BCUT2D eigenvalue weighted by molar-refractivity contribution is -0.00441. The molecule has 1 atom stereocenters. The largest absolute Gasteiger partial charge is 0.306 e. The number of halogens is 4. The fourth-order valence-corrected chi connectivity index (χ4v) is 1.27. The second-order valence-electron chi connectivity index (χ2n) is 1.91. The van der Waals surface area contributed by atoms with Gasteiger partial charge < -0.3 is 0 Å². The van der Waals surface area contributed by atoms with Gasteiger partial charge in [-0.15, -0.1) is 0 Å². The second-order valence-corrected chi connectivity index (χ2v) is 3.62. The molecular formula is C4H6F4O3S. The van der Waals surface area contributed by atoms with Crippen LogP contribution in [0.25, 0.3) is 0 Å². The summed E-state index contributed by atoms with van der Waals surface area (Å²) < 4.78 is 69.1. The predicted molar refractivity (Wildman–Crippen MR) is 31.5 cm³/mol. The molecule has 12 heavy (non-hydrogen) atoms. The van der Waals surface area contributed by atoms with Crippen LogP contribution in [0.1, 0.15) is 6.42 Å². The summed E-state index contributed by atoms with van der Waals surface area (Å²) in [5.41, 5.74) is 0. The van der Waals surface area contributed by atoms with Crippen molar-refractivity contribution in [1.29, 1.82) is 0 Å². The molecule has 1 unspecified atom stereocenters. The third-order valence-electron chi connectivity index (χ3n) is 1.13. The van der Waals surface area contributed by atoms with Crippen molar-refractivity contribution in [3.8, 4) is 0 Å². The minimum Gasteiger partial charge on any atom is -0.251 e. The molecule has 0 bridgehead atoms. The van der Waals surface area contributed by atoms with E-state index in [1.165, 1.54) is 0 Å². The average Bonchev–Trinajstić information content (AvgIpc) is 1.99. The van der Waals surface area contributed by atoms with Crippen molar-refractivity contribution >= 4 is 10.1 Å². The van der Waals surface area contributed by atoms with Gasteiger partial charge in [0.25, 0.3) is 6.43 Å². The van der Waals surface area contributed by atoms with Gasteiger partial charge in [-0.05, 0) is 4.53 Å². The van der Waals surface area contributed by atoms with Crippen molar-refractivity contribution in [2.75, 3.05) is 6.67 Å². The zero-order chi connectivity index (χ0) is 9.78. The van der Waals surface area contributed by atoms with Crippen LogP contribution in [0.5, 0.6) is 0 Å². The maximum Gasteiger partial charge on any atom is 0.306 e. The molecule has 0 saturated heterocycles. The molecule has 0 saturated carbocycles. The Morgan fingerprint density at radius 1 is 1.33 bits per heavy atom. The molecule has 0 aliphatic rings. The molecule has 8 heteroatoms. The van der Waals surface area contributed by atoms with E-state index in [2.05, 4.69) is 4.39 Å². The van der Waals surface area contributed by atoms with E-state index >= 15 is 0 Å². The number of alkyl halides is 3. The first kappa shape index (κ1) is 11.6. The third-order valence-corrected chi connectivity index (χ3v) is 2.49. The van der Waals surface area contributed by atoms with Gasteiger partial charge in [-0.3, -0.25) is 4.39 Å². The van der Waals surface area contributed by atoms with E-state index in [1.807, 2.05) is 0 Å². The van der Waals surface area contributed by atoms with E-state index < -0.39 is 34.9 Å². The van der Waals surface area contributed by atoms with Gasteiger partial charge >= 0.3 is 10.1 Å². The van der Waals surface area contributed by atoms with Crippen LogP contribution in [0.4, 0.5) is 17.7 Å². The molecule has 0 aromatic rings. The minimum atomic E-state index is -4.98. The Morgan fingerprint density at radius 2 is 1.83 bits per heavy atom. The SMILES string of the molecule is O=S(=O)(OF)C(CCF)C(F)F. The Kier molecular flexibility index (Phi) is 4.46. The molecule has 74 valence electrons. The van der Waals surface area contributed by atoms with E-state index in [0.29, 0.717) is 0 Å². The van der Waals surface area contributed by atoms with Crippen LogP contribution < -0.4 is 0 Å². The van der Waals surface area contributed by atoms with Crippen LogP contribution >= 0.6 is 0 Å². The summed E-state index contributed by atoms with van der Waals surface area (Å²) >= 11 is 0. The van der Waals surface area contributed by atoms with E-state index in [4.69, 9.17) is 0 Å². The normalized spacial score (nSPS) is 15.1. The van der Waals surface area contributed by atoms with Crippen molar-refractivity contribution in [3.63, 3.8) is 0 Å². The fraction of sp³-hybridized carbons (Fsp3) is 1.00. The van der Waals surface area contributed by atoms with Crippen LogP contribution in [0.15, 0.2) is 0 Å². The lowest BCUT2D eigenvalue weighted by Crippen LogP contribution is -2.29. The van der Waals surface area contributed by atoms with Gasteiger partial charge in [0.2, 0.25) is 0 Å². The summed E-state index contributed by atoms with van der Waals surface area (Å²) in [6, 6.07) is 0. The quantitative estimate of drug-likeness (QED) is 0.640. The summed E-state index contributed by atoms with van der Waals surface area (Å²) in [4.78, 5) is 0. The highest BCUT2D eigenvalue weighted by Crippen LogP contribution is 2.17. The maximum absolute atomic E-state index is 11.8. The highest BCUT2D eigenvalue weighted by molar-refractivity contribution is 7.87. The van der Waals surface area contributed by atoms with Gasteiger partial charge in [-0.2, -0.15) is 8.42 Å². The smallest absolute Gasteiger partial charge is 0.251 e. The summed E-state index contributed by atoms with van der Waals surface area (Å²) in [7, 11) is -4.98. The first-order chi connectivity index (χ1) is 5.45. The van der Waals surface area contributed by atoms with Gasteiger partial charge in [-0.1, -0.05) is 4.39 Å². The molecule has 0 fully saturated rings. The maximum atomic E-state index is 11.8. The highest BCUT2D eigenvalue weighted by atomic mass is 32.2. The molecule has 0 radical (unpaired) electrons. The second kappa shape index (κ2) is 4.61. The molecule has 0 N–H and O–H groups in total. The third kappa shape index (κ3) is 2.94. The first-order valence-electron chi connectivity index (χ1n) is 2.84. The van der Waals surface area contributed by atoms with Crippen molar-refractivity contribution in [2.24, 2.45) is 0 Å². The Morgan fingerprint density at radius 3 is 2.08 bits per heavy atom. The molecule has 0 rings (SSSR count).